The summed E-state index contributed by atoms with van der Waals surface area (Å²) in [5, 5.41) is -0.0982. The van der Waals surface area contributed by atoms with Crippen molar-refractivity contribution in [1.82, 2.24) is 0 Å². The van der Waals surface area contributed by atoms with Crippen LogP contribution in [0.2, 0.25) is 0 Å². The quantitative estimate of drug-likeness (QED) is 0.575. The highest BCUT2D eigenvalue weighted by molar-refractivity contribution is 7.66. The second-order valence-electron chi connectivity index (χ2n) is 3.62. The largest absolute Gasteiger partial charge is 0.426 e. The number of rotatable bonds is 4. The number of ether oxygens (including phenoxy) is 3. The van der Waals surface area contributed by atoms with Crippen molar-refractivity contribution >= 4 is 15.8 Å². The highest BCUT2D eigenvalue weighted by Gasteiger charge is 2.38. The average molecular weight is 279 g/mol. The van der Waals surface area contributed by atoms with E-state index in [1.165, 1.54) is 13.2 Å². The molecular formula is C10H21BO6P+. The summed E-state index contributed by atoms with van der Waals surface area (Å²) >= 11 is 0. The summed E-state index contributed by atoms with van der Waals surface area (Å²) in [6.07, 6.45) is 1.77. The molecule has 104 valence electrons. The normalized spacial score (nSPS) is 24.7. The van der Waals surface area contributed by atoms with Gasteiger partial charge in [0.2, 0.25) is 0 Å². The van der Waals surface area contributed by atoms with Crippen molar-refractivity contribution in [1.29, 1.82) is 0 Å². The van der Waals surface area contributed by atoms with Gasteiger partial charge in [-0.3, -0.25) is 0 Å². The van der Waals surface area contributed by atoms with Crippen LogP contribution in [-0.2, 0) is 18.7 Å². The molecule has 0 spiro atoms. The zero-order chi connectivity index (χ0) is 14.2. The third-order valence-corrected chi connectivity index (χ3v) is 3.64. The first kappa shape index (κ1) is 18.0. The molecule has 1 heterocycles. The topological polar surface area (TPSA) is 77.4 Å². The van der Waals surface area contributed by atoms with Crippen molar-refractivity contribution in [3.05, 3.63) is 11.3 Å². The van der Waals surface area contributed by atoms with E-state index >= 15 is 0 Å². The summed E-state index contributed by atoms with van der Waals surface area (Å²) in [4.78, 5) is 18.7. The molecule has 0 amide bonds. The second kappa shape index (κ2) is 8.99. The maximum absolute atomic E-state index is 9.37. The molecule has 1 aliphatic rings. The lowest BCUT2D eigenvalue weighted by Crippen LogP contribution is -2.21. The fourth-order valence-electron chi connectivity index (χ4n) is 1.37. The molecule has 18 heavy (non-hydrogen) atoms. The standard InChI is InChI=1S/C8H15BO5P.C2H6O/c1-12-6-3-4-14-7(6)5-8(9)15(10,11)13-2;1-3-2/h5-7,10-11H,3-4H2,1-2H3;1-2H3/q+1;/b8-5+;. The van der Waals surface area contributed by atoms with Crippen LogP contribution in [0, 0.1) is 0 Å². The van der Waals surface area contributed by atoms with Crippen molar-refractivity contribution in [2.45, 2.75) is 18.6 Å². The highest BCUT2D eigenvalue weighted by Crippen LogP contribution is 2.57. The summed E-state index contributed by atoms with van der Waals surface area (Å²) < 4.78 is 19.2. The molecule has 0 aromatic carbocycles. The SMILES string of the molecule is COC.[B]/C(=C\C1OCCC1OC)[P+](O)(O)OC. The molecule has 0 aromatic heterocycles. The summed E-state index contributed by atoms with van der Waals surface area (Å²) in [6, 6.07) is 0. The minimum Gasteiger partial charge on any atom is -0.388 e. The van der Waals surface area contributed by atoms with Gasteiger partial charge in [-0.25, -0.2) is 0 Å². The molecule has 1 fully saturated rings. The van der Waals surface area contributed by atoms with Crippen molar-refractivity contribution in [2.75, 3.05) is 35.0 Å². The van der Waals surface area contributed by atoms with E-state index < -0.39 is 7.94 Å². The molecule has 1 rings (SSSR count). The molecule has 2 atom stereocenters. The first-order valence-corrected chi connectivity index (χ1v) is 6.96. The summed E-state index contributed by atoms with van der Waals surface area (Å²) in [5.41, 5.74) is 0. The summed E-state index contributed by atoms with van der Waals surface area (Å²) in [7, 11) is 7.93. The Morgan fingerprint density at radius 2 is 1.89 bits per heavy atom. The molecular weight excluding hydrogens is 258 g/mol. The Morgan fingerprint density at radius 3 is 2.33 bits per heavy atom. The van der Waals surface area contributed by atoms with Gasteiger partial charge in [-0.15, -0.1) is 0 Å². The third kappa shape index (κ3) is 5.76. The lowest BCUT2D eigenvalue weighted by Gasteiger charge is -2.15. The zero-order valence-electron chi connectivity index (χ0n) is 11.2. The van der Waals surface area contributed by atoms with Gasteiger partial charge in [-0.2, -0.15) is 14.3 Å². The lowest BCUT2D eigenvalue weighted by atomic mass is 10.1. The van der Waals surface area contributed by atoms with E-state index in [9.17, 15) is 9.79 Å². The summed E-state index contributed by atoms with van der Waals surface area (Å²) in [5.74, 6) is 0. The van der Waals surface area contributed by atoms with Crippen LogP contribution in [0.25, 0.3) is 0 Å². The predicted molar refractivity (Wildman–Crippen MR) is 70.3 cm³/mol. The molecule has 1 aliphatic heterocycles. The van der Waals surface area contributed by atoms with Gasteiger partial charge < -0.3 is 14.2 Å². The third-order valence-electron chi connectivity index (χ3n) is 2.31. The van der Waals surface area contributed by atoms with Gasteiger partial charge in [0.1, 0.15) is 11.3 Å². The fraction of sp³-hybridized carbons (Fsp3) is 0.800. The van der Waals surface area contributed by atoms with Gasteiger partial charge in [-0.05, 0) is 12.5 Å². The monoisotopic (exact) mass is 279 g/mol. The maximum Gasteiger partial charge on any atom is 0.426 e. The van der Waals surface area contributed by atoms with Crippen LogP contribution in [0.3, 0.4) is 0 Å². The molecule has 0 saturated carbocycles. The van der Waals surface area contributed by atoms with Gasteiger partial charge in [0, 0.05) is 21.3 Å². The van der Waals surface area contributed by atoms with Crippen molar-refractivity contribution in [2.24, 2.45) is 0 Å². The molecule has 1 saturated heterocycles. The molecule has 8 heteroatoms. The Bertz CT molecular complexity index is 261. The smallest absolute Gasteiger partial charge is 0.388 e. The second-order valence-corrected chi connectivity index (χ2v) is 5.59. The predicted octanol–water partition coefficient (Wildman–Crippen LogP) is 0.456. The van der Waals surface area contributed by atoms with Crippen LogP contribution in [0.15, 0.2) is 11.3 Å². The van der Waals surface area contributed by atoms with Crippen LogP contribution in [-0.4, -0.2) is 64.9 Å². The maximum atomic E-state index is 9.37. The Labute approximate surface area is 110 Å². The first-order valence-electron chi connectivity index (χ1n) is 5.35. The van der Waals surface area contributed by atoms with Crippen LogP contribution < -0.4 is 0 Å². The van der Waals surface area contributed by atoms with Crippen LogP contribution in [0.1, 0.15) is 6.42 Å². The Hall–Kier alpha value is -0.00506. The fourth-order valence-corrected chi connectivity index (χ4v) is 1.92. The lowest BCUT2D eigenvalue weighted by molar-refractivity contribution is 0.0424. The first-order chi connectivity index (χ1) is 8.42. The Morgan fingerprint density at radius 1 is 1.33 bits per heavy atom. The Balaban J connectivity index is 0.000000873. The van der Waals surface area contributed by atoms with Crippen LogP contribution >= 0.6 is 7.94 Å². The summed E-state index contributed by atoms with van der Waals surface area (Å²) in [6.45, 7) is 0.572. The van der Waals surface area contributed by atoms with E-state index in [0.29, 0.717) is 6.61 Å². The van der Waals surface area contributed by atoms with E-state index in [0.717, 1.165) is 6.42 Å². The zero-order valence-corrected chi connectivity index (χ0v) is 12.1. The highest BCUT2D eigenvalue weighted by atomic mass is 31.2. The van der Waals surface area contributed by atoms with Crippen LogP contribution in [0.5, 0.6) is 0 Å². The van der Waals surface area contributed by atoms with E-state index in [4.69, 9.17) is 17.3 Å². The molecule has 6 nitrogen and oxygen atoms in total. The van der Waals surface area contributed by atoms with E-state index in [2.05, 4.69) is 9.26 Å². The van der Waals surface area contributed by atoms with Crippen molar-refractivity contribution in [3.8, 4) is 0 Å². The minimum atomic E-state index is -3.60. The van der Waals surface area contributed by atoms with Crippen LogP contribution in [0.4, 0.5) is 0 Å². The number of hydrogen-bond acceptors (Lipinski definition) is 6. The number of hydrogen-bond donors (Lipinski definition) is 2. The van der Waals surface area contributed by atoms with E-state index in [-0.39, 0.29) is 17.4 Å². The molecule has 2 unspecified atom stereocenters. The average Bonchev–Trinajstić information content (AvgIpc) is 2.77. The molecule has 0 bridgehead atoms. The molecule has 2 N–H and O–H groups in total. The van der Waals surface area contributed by atoms with Gasteiger partial charge in [0.25, 0.3) is 0 Å². The van der Waals surface area contributed by atoms with Gasteiger partial charge in [-0.1, -0.05) is 0 Å². The van der Waals surface area contributed by atoms with E-state index in [1.807, 2.05) is 0 Å². The van der Waals surface area contributed by atoms with Gasteiger partial charge in [0.05, 0.1) is 19.8 Å². The van der Waals surface area contributed by atoms with Gasteiger partial charge >= 0.3 is 7.94 Å². The van der Waals surface area contributed by atoms with E-state index in [1.54, 1.807) is 21.3 Å². The molecule has 2 radical (unpaired) electrons. The number of methoxy groups -OCH3 is 2. The van der Waals surface area contributed by atoms with Crippen molar-refractivity contribution < 1.29 is 28.5 Å². The van der Waals surface area contributed by atoms with Crippen molar-refractivity contribution in [3.63, 3.8) is 0 Å². The molecule has 0 aliphatic carbocycles. The Kier molecular flexibility index (Phi) is 8.98. The minimum absolute atomic E-state index is 0.0968. The van der Waals surface area contributed by atoms with Gasteiger partial charge in [0.15, 0.2) is 7.85 Å². The molecule has 0 aromatic rings.